The molecule has 0 fully saturated rings. The van der Waals surface area contributed by atoms with E-state index in [1.165, 1.54) is 12.4 Å². The van der Waals surface area contributed by atoms with E-state index in [1.54, 1.807) is 13.1 Å². The van der Waals surface area contributed by atoms with Crippen molar-refractivity contribution in [3.05, 3.63) is 35.0 Å². The number of benzene rings is 1. The van der Waals surface area contributed by atoms with E-state index in [4.69, 9.17) is 5.73 Å². The quantitative estimate of drug-likeness (QED) is 0.866. The van der Waals surface area contributed by atoms with Crippen LogP contribution in [0.3, 0.4) is 0 Å². The molecule has 0 aliphatic carbocycles. The van der Waals surface area contributed by atoms with E-state index in [-0.39, 0.29) is 5.56 Å². The number of anilines is 1. The molecule has 5 heteroatoms. The van der Waals surface area contributed by atoms with Gasteiger partial charge in [-0.3, -0.25) is 4.99 Å². The summed E-state index contributed by atoms with van der Waals surface area (Å²) in [4.78, 5) is 5.93. The highest BCUT2D eigenvalue weighted by atomic mass is 19.3. The molecule has 0 bridgehead atoms. The van der Waals surface area contributed by atoms with Gasteiger partial charge in [0.1, 0.15) is 0 Å². The first-order chi connectivity index (χ1) is 9.99. The molecule has 21 heavy (non-hydrogen) atoms. The lowest BCUT2D eigenvalue weighted by Gasteiger charge is -2.33. The Hall–Kier alpha value is -1.91. The van der Waals surface area contributed by atoms with Crippen molar-refractivity contribution in [3.8, 4) is 0 Å². The summed E-state index contributed by atoms with van der Waals surface area (Å²) < 4.78 is 26.9. The van der Waals surface area contributed by atoms with Crippen molar-refractivity contribution < 1.29 is 8.78 Å². The summed E-state index contributed by atoms with van der Waals surface area (Å²) in [7, 11) is 3.53. The van der Waals surface area contributed by atoms with E-state index in [0.717, 1.165) is 24.2 Å². The lowest BCUT2D eigenvalue weighted by Crippen LogP contribution is -2.27. The van der Waals surface area contributed by atoms with Crippen molar-refractivity contribution in [1.29, 1.82) is 0 Å². The summed E-state index contributed by atoms with van der Waals surface area (Å²) in [5, 5.41) is 0. The Morgan fingerprint density at radius 2 is 2.19 bits per heavy atom. The summed E-state index contributed by atoms with van der Waals surface area (Å²) in [5.41, 5.74) is 8.57. The summed E-state index contributed by atoms with van der Waals surface area (Å²) in [6, 6.07) is 3.44. The van der Waals surface area contributed by atoms with Gasteiger partial charge < -0.3 is 10.6 Å². The van der Waals surface area contributed by atoms with Gasteiger partial charge in [-0.15, -0.1) is 0 Å². The molecule has 1 aliphatic rings. The molecular weight excluding hydrogens is 272 g/mol. The molecule has 1 aliphatic heterocycles. The number of nitrogens with two attached hydrogens (primary N) is 1. The van der Waals surface area contributed by atoms with Crippen molar-refractivity contribution >= 4 is 17.5 Å². The van der Waals surface area contributed by atoms with Gasteiger partial charge >= 0.3 is 0 Å². The molecule has 2 N–H and O–H groups in total. The third kappa shape index (κ3) is 2.91. The Balaban J connectivity index is 2.67. The van der Waals surface area contributed by atoms with E-state index in [9.17, 15) is 8.78 Å². The van der Waals surface area contributed by atoms with Crippen molar-refractivity contribution in [2.24, 2.45) is 10.7 Å². The topological polar surface area (TPSA) is 41.6 Å². The fraction of sp³-hybridized carbons (Fsp3) is 0.438. The van der Waals surface area contributed by atoms with Crippen molar-refractivity contribution in [2.45, 2.75) is 25.7 Å². The molecule has 0 spiro atoms. The van der Waals surface area contributed by atoms with E-state index in [0.29, 0.717) is 17.1 Å². The molecule has 0 amide bonds. The minimum Gasteiger partial charge on any atom is -0.404 e. The number of aliphatic imine (C=N–C) groups is 1. The number of hydrogen-bond donors (Lipinski definition) is 1. The van der Waals surface area contributed by atoms with Gasteiger partial charge in [-0.1, -0.05) is 6.92 Å². The number of alkyl halides is 2. The standard InChI is InChI=1S/C16H21F2N3/c1-10-4-5-21(3)15-7-14(16(17)18)13(6-12(10)15)11(8-19)9-20-2/h6-10,16H,4-5,19H2,1-3H3. The zero-order chi connectivity index (χ0) is 15.6. The van der Waals surface area contributed by atoms with Crippen molar-refractivity contribution in [2.75, 3.05) is 25.5 Å². The third-order valence-electron chi connectivity index (χ3n) is 4.03. The highest BCUT2D eigenvalue weighted by Crippen LogP contribution is 2.40. The molecule has 0 radical (unpaired) electrons. The summed E-state index contributed by atoms with van der Waals surface area (Å²) in [6.45, 7) is 3.00. The molecule has 0 saturated carbocycles. The van der Waals surface area contributed by atoms with Crippen LogP contribution < -0.4 is 10.6 Å². The molecule has 0 aromatic heterocycles. The average molecular weight is 293 g/mol. The van der Waals surface area contributed by atoms with Crippen LogP contribution in [-0.2, 0) is 0 Å². The average Bonchev–Trinajstić information content (AvgIpc) is 2.47. The van der Waals surface area contributed by atoms with Gasteiger partial charge in [0, 0.05) is 49.9 Å². The van der Waals surface area contributed by atoms with Crippen LogP contribution in [0.4, 0.5) is 14.5 Å². The summed E-state index contributed by atoms with van der Waals surface area (Å²) >= 11 is 0. The van der Waals surface area contributed by atoms with Crippen LogP contribution in [0, 0.1) is 0 Å². The van der Waals surface area contributed by atoms with Gasteiger partial charge in [0.05, 0.1) is 0 Å². The molecule has 1 atom stereocenters. The molecule has 114 valence electrons. The second-order valence-electron chi connectivity index (χ2n) is 5.42. The van der Waals surface area contributed by atoms with Gasteiger partial charge in [-0.2, -0.15) is 0 Å². The van der Waals surface area contributed by atoms with Crippen molar-refractivity contribution in [3.63, 3.8) is 0 Å². The lowest BCUT2D eigenvalue weighted by atomic mass is 9.87. The largest absolute Gasteiger partial charge is 0.404 e. The number of allylic oxidation sites excluding steroid dienone is 1. The molecular formula is C16H21F2N3. The van der Waals surface area contributed by atoms with E-state index >= 15 is 0 Å². The first-order valence-electron chi connectivity index (χ1n) is 7.01. The zero-order valence-electron chi connectivity index (χ0n) is 12.6. The molecule has 1 heterocycles. The maximum atomic E-state index is 13.4. The maximum absolute atomic E-state index is 13.4. The highest BCUT2D eigenvalue weighted by Gasteiger charge is 2.25. The Labute approximate surface area is 124 Å². The molecule has 1 aromatic rings. The zero-order valence-corrected chi connectivity index (χ0v) is 12.6. The molecule has 1 unspecified atom stereocenters. The van der Waals surface area contributed by atoms with Gasteiger partial charge in [-0.05, 0) is 35.6 Å². The highest BCUT2D eigenvalue weighted by molar-refractivity contribution is 6.10. The maximum Gasteiger partial charge on any atom is 0.264 e. The predicted molar refractivity (Wildman–Crippen MR) is 84.3 cm³/mol. The molecule has 1 aromatic carbocycles. The lowest BCUT2D eigenvalue weighted by molar-refractivity contribution is 0.151. The Morgan fingerprint density at radius 3 is 2.76 bits per heavy atom. The number of nitrogens with zero attached hydrogens (tertiary/aromatic N) is 2. The number of halogens is 2. The minimum atomic E-state index is -2.55. The first-order valence-corrected chi connectivity index (χ1v) is 7.01. The van der Waals surface area contributed by atoms with Gasteiger partial charge in [0.25, 0.3) is 6.43 Å². The van der Waals surface area contributed by atoms with Crippen LogP contribution in [-0.4, -0.2) is 26.9 Å². The fourth-order valence-electron chi connectivity index (χ4n) is 2.78. The smallest absolute Gasteiger partial charge is 0.264 e. The van der Waals surface area contributed by atoms with Gasteiger partial charge in [0.2, 0.25) is 0 Å². The van der Waals surface area contributed by atoms with Gasteiger partial charge in [-0.25, -0.2) is 8.78 Å². The molecule has 3 nitrogen and oxygen atoms in total. The fourth-order valence-corrected chi connectivity index (χ4v) is 2.78. The van der Waals surface area contributed by atoms with Crippen LogP contribution in [0.2, 0.25) is 0 Å². The molecule has 2 rings (SSSR count). The number of fused-ring (bicyclic) bond motifs is 1. The monoisotopic (exact) mass is 293 g/mol. The minimum absolute atomic E-state index is 0.00583. The predicted octanol–water partition coefficient (Wildman–Crippen LogP) is 3.57. The number of hydrogen-bond acceptors (Lipinski definition) is 3. The number of rotatable bonds is 3. The van der Waals surface area contributed by atoms with Crippen LogP contribution in [0.15, 0.2) is 23.3 Å². The first kappa shape index (κ1) is 15.5. The van der Waals surface area contributed by atoms with Crippen molar-refractivity contribution in [1.82, 2.24) is 0 Å². The van der Waals surface area contributed by atoms with Crippen LogP contribution in [0.5, 0.6) is 0 Å². The SMILES string of the molecule is CN=CC(=CN)c1cc2c(cc1C(F)F)N(C)CCC2C. The van der Waals surface area contributed by atoms with E-state index in [1.807, 2.05) is 18.0 Å². The van der Waals surface area contributed by atoms with E-state index in [2.05, 4.69) is 11.9 Å². The Bertz CT molecular complexity index is 579. The third-order valence-corrected chi connectivity index (χ3v) is 4.03. The normalized spacial score (nSPS) is 19.4. The van der Waals surface area contributed by atoms with E-state index < -0.39 is 6.43 Å². The summed E-state index contributed by atoms with van der Waals surface area (Å²) in [6.07, 6.45) is 1.32. The Morgan fingerprint density at radius 1 is 1.48 bits per heavy atom. The molecule has 0 saturated heterocycles. The second kappa shape index (κ2) is 6.24. The van der Waals surface area contributed by atoms with Crippen LogP contribution >= 0.6 is 0 Å². The summed E-state index contributed by atoms with van der Waals surface area (Å²) in [5.74, 6) is 0.347. The second-order valence-corrected chi connectivity index (χ2v) is 5.42. The Kier molecular flexibility index (Phi) is 4.60. The van der Waals surface area contributed by atoms with Gasteiger partial charge in [0.15, 0.2) is 0 Å². The van der Waals surface area contributed by atoms with Crippen LogP contribution in [0.1, 0.15) is 42.4 Å². The van der Waals surface area contributed by atoms with Crippen LogP contribution in [0.25, 0.3) is 5.57 Å².